The van der Waals surface area contributed by atoms with Gasteiger partial charge in [-0.3, -0.25) is 0 Å². The molecule has 1 aromatic heterocycles. The van der Waals surface area contributed by atoms with E-state index in [1.807, 2.05) is 35.7 Å². The monoisotopic (exact) mass is 369 g/mol. The van der Waals surface area contributed by atoms with Gasteiger partial charge < -0.3 is 4.74 Å². The second kappa shape index (κ2) is 6.88. The largest absolute Gasteiger partial charge is 0.486 e. The summed E-state index contributed by atoms with van der Waals surface area (Å²) in [5.74, 6) is 0.491. The van der Waals surface area contributed by atoms with Gasteiger partial charge in [0.05, 0.1) is 20.8 Å². The van der Waals surface area contributed by atoms with Gasteiger partial charge in [-0.2, -0.15) is 0 Å². The van der Waals surface area contributed by atoms with Crippen LogP contribution >= 0.6 is 46.1 Å². The van der Waals surface area contributed by atoms with Gasteiger partial charge in [-0.05, 0) is 6.07 Å². The van der Waals surface area contributed by atoms with Crippen molar-refractivity contribution in [3.8, 4) is 16.3 Å². The van der Waals surface area contributed by atoms with Crippen molar-refractivity contribution in [3.05, 3.63) is 68.6 Å². The zero-order valence-corrected chi connectivity index (χ0v) is 14.3. The van der Waals surface area contributed by atoms with Crippen LogP contribution in [-0.4, -0.2) is 4.98 Å². The summed E-state index contributed by atoms with van der Waals surface area (Å²) in [4.78, 5) is 4.56. The standard InChI is InChI=1S/C16H10Cl3NOS/c17-12-6-14(19)15(7-13(12)18)21-8-11-9-22-16(20-11)10-4-2-1-3-5-10/h1-7,9H,8H2. The van der Waals surface area contributed by atoms with E-state index in [2.05, 4.69) is 4.98 Å². The van der Waals surface area contributed by atoms with Gasteiger partial charge in [-0.25, -0.2) is 4.98 Å². The number of aromatic nitrogens is 1. The van der Waals surface area contributed by atoms with Crippen molar-refractivity contribution in [2.75, 3.05) is 0 Å². The van der Waals surface area contributed by atoms with Crippen LogP contribution in [0.4, 0.5) is 0 Å². The smallest absolute Gasteiger partial charge is 0.140 e. The Labute approximate surface area is 147 Å². The number of hydrogen-bond acceptors (Lipinski definition) is 3. The molecule has 112 valence electrons. The third-order valence-electron chi connectivity index (χ3n) is 2.92. The van der Waals surface area contributed by atoms with E-state index >= 15 is 0 Å². The van der Waals surface area contributed by atoms with Gasteiger partial charge in [-0.15, -0.1) is 11.3 Å². The Morgan fingerprint density at radius 1 is 0.955 bits per heavy atom. The molecule has 6 heteroatoms. The molecule has 0 aliphatic rings. The van der Waals surface area contributed by atoms with E-state index in [0.29, 0.717) is 27.4 Å². The predicted molar refractivity (Wildman–Crippen MR) is 93.4 cm³/mol. The summed E-state index contributed by atoms with van der Waals surface area (Å²) in [6.45, 7) is 0.320. The highest BCUT2D eigenvalue weighted by atomic mass is 35.5. The van der Waals surface area contributed by atoms with Crippen LogP contribution in [-0.2, 0) is 6.61 Å². The quantitative estimate of drug-likeness (QED) is 0.499. The predicted octanol–water partition coefficient (Wildman–Crippen LogP) is 6.35. The van der Waals surface area contributed by atoms with Crippen LogP contribution in [0.2, 0.25) is 15.1 Å². The molecule has 0 unspecified atom stereocenters. The molecule has 0 amide bonds. The Morgan fingerprint density at radius 2 is 1.68 bits per heavy atom. The van der Waals surface area contributed by atoms with Crippen molar-refractivity contribution in [2.24, 2.45) is 0 Å². The first-order valence-corrected chi connectivity index (χ1v) is 8.42. The summed E-state index contributed by atoms with van der Waals surface area (Å²) in [7, 11) is 0. The van der Waals surface area contributed by atoms with Crippen LogP contribution in [0.1, 0.15) is 5.69 Å². The van der Waals surface area contributed by atoms with Crippen LogP contribution < -0.4 is 4.74 Å². The van der Waals surface area contributed by atoms with Gasteiger partial charge in [-0.1, -0.05) is 65.1 Å². The topological polar surface area (TPSA) is 22.1 Å². The first kappa shape index (κ1) is 15.6. The van der Waals surface area contributed by atoms with E-state index in [1.165, 1.54) is 0 Å². The number of benzene rings is 2. The number of halogens is 3. The number of nitrogens with zero attached hydrogens (tertiary/aromatic N) is 1. The molecule has 22 heavy (non-hydrogen) atoms. The van der Waals surface area contributed by atoms with E-state index in [0.717, 1.165) is 16.3 Å². The molecule has 0 saturated heterocycles. The molecular formula is C16H10Cl3NOS. The lowest BCUT2D eigenvalue weighted by Crippen LogP contribution is -1.96. The molecule has 3 rings (SSSR count). The Hall–Kier alpha value is -1.26. The van der Waals surface area contributed by atoms with E-state index in [9.17, 15) is 0 Å². The minimum atomic E-state index is 0.320. The highest BCUT2D eigenvalue weighted by Crippen LogP contribution is 2.34. The maximum absolute atomic E-state index is 6.08. The van der Waals surface area contributed by atoms with Crippen LogP contribution in [0.15, 0.2) is 47.8 Å². The minimum absolute atomic E-state index is 0.320. The zero-order valence-electron chi connectivity index (χ0n) is 11.2. The molecule has 2 nitrogen and oxygen atoms in total. The van der Waals surface area contributed by atoms with Gasteiger partial charge in [0.15, 0.2) is 0 Å². The number of hydrogen-bond donors (Lipinski definition) is 0. The minimum Gasteiger partial charge on any atom is -0.486 e. The lowest BCUT2D eigenvalue weighted by molar-refractivity contribution is 0.302. The summed E-state index contributed by atoms with van der Waals surface area (Å²) in [5, 5.41) is 4.16. The molecule has 0 bridgehead atoms. The van der Waals surface area contributed by atoms with Crippen molar-refractivity contribution in [2.45, 2.75) is 6.61 Å². The Morgan fingerprint density at radius 3 is 2.45 bits per heavy atom. The number of ether oxygens (including phenoxy) is 1. The molecule has 0 aliphatic heterocycles. The van der Waals surface area contributed by atoms with E-state index < -0.39 is 0 Å². The van der Waals surface area contributed by atoms with Crippen molar-refractivity contribution in [3.63, 3.8) is 0 Å². The summed E-state index contributed by atoms with van der Waals surface area (Å²) in [6, 6.07) is 13.2. The van der Waals surface area contributed by atoms with Crippen molar-refractivity contribution >= 4 is 46.1 Å². The van der Waals surface area contributed by atoms with E-state index in [1.54, 1.807) is 23.5 Å². The molecule has 2 aromatic carbocycles. The molecule has 1 heterocycles. The Bertz CT molecular complexity index is 789. The molecule has 0 aliphatic carbocycles. The van der Waals surface area contributed by atoms with Gasteiger partial charge >= 0.3 is 0 Å². The Balaban J connectivity index is 1.73. The molecule has 0 spiro atoms. The first-order valence-electron chi connectivity index (χ1n) is 6.40. The molecule has 0 radical (unpaired) electrons. The fourth-order valence-corrected chi connectivity index (χ4v) is 3.26. The Kier molecular flexibility index (Phi) is 4.89. The van der Waals surface area contributed by atoms with E-state index in [4.69, 9.17) is 39.5 Å². The fourth-order valence-electron chi connectivity index (χ4n) is 1.85. The molecular weight excluding hydrogens is 361 g/mol. The van der Waals surface area contributed by atoms with E-state index in [-0.39, 0.29) is 0 Å². The average molecular weight is 371 g/mol. The van der Waals surface area contributed by atoms with Crippen molar-refractivity contribution < 1.29 is 4.74 Å². The highest BCUT2D eigenvalue weighted by Gasteiger charge is 2.09. The number of rotatable bonds is 4. The maximum Gasteiger partial charge on any atom is 0.140 e. The average Bonchev–Trinajstić information content (AvgIpc) is 2.99. The number of thiazole rings is 1. The molecule has 0 fully saturated rings. The highest BCUT2D eigenvalue weighted by molar-refractivity contribution is 7.13. The van der Waals surface area contributed by atoms with Crippen LogP contribution in [0.5, 0.6) is 5.75 Å². The summed E-state index contributed by atoms with van der Waals surface area (Å²) in [6.07, 6.45) is 0. The second-order valence-corrected chi connectivity index (χ2v) is 6.58. The van der Waals surface area contributed by atoms with Crippen LogP contribution in [0.3, 0.4) is 0 Å². The summed E-state index contributed by atoms with van der Waals surface area (Å²) in [5.41, 5.74) is 1.93. The lowest BCUT2D eigenvalue weighted by atomic mass is 10.2. The third kappa shape index (κ3) is 3.55. The zero-order chi connectivity index (χ0) is 15.5. The second-order valence-electron chi connectivity index (χ2n) is 4.50. The van der Waals surface area contributed by atoms with Gasteiger partial charge in [0.2, 0.25) is 0 Å². The molecule has 0 atom stereocenters. The van der Waals surface area contributed by atoms with Gasteiger partial charge in [0.25, 0.3) is 0 Å². The van der Waals surface area contributed by atoms with Crippen LogP contribution in [0.25, 0.3) is 10.6 Å². The molecule has 0 N–H and O–H groups in total. The molecule has 3 aromatic rings. The SMILES string of the molecule is Clc1cc(Cl)c(OCc2csc(-c3ccccc3)n2)cc1Cl. The maximum atomic E-state index is 6.08. The normalized spacial score (nSPS) is 10.7. The van der Waals surface area contributed by atoms with Gasteiger partial charge in [0.1, 0.15) is 17.4 Å². The molecule has 0 saturated carbocycles. The van der Waals surface area contributed by atoms with Crippen molar-refractivity contribution in [1.29, 1.82) is 0 Å². The lowest BCUT2D eigenvalue weighted by Gasteiger charge is -2.07. The van der Waals surface area contributed by atoms with Gasteiger partial charge in [0, 0.05) is 17.0 Å². The third-order valence-corrected chi connectivity index (χ3v) is 4.88. The van der Waals surface area contributed by atoms with Crippen LogP contribution in [0, 0.1) is 0 Å². The summed E-state index contributed by atoms with van der Waals surface area (Å²) < 4.78 is 5.68. The summed E-state index contributed by atoms with van der Waals surface area (Å²) >= 11 is 19.5. The first-order chi connectivity index (χ1) is 10.6. The van der Waals surface area contributed by atoms with Crippen molar-refractivity contribution in [1.82, 2.24) is 4.98 Å². The fraction of sp³-hybridized carbons (Fsp3) is 0.0625.